The van der Waals surface area contributed by atoms with Crippen molar-refractivity contribution in [2.75, 3.05) is 5.75 Å². The van der Waals surface area contributed by atoms with E-state index in [0.717, 1.165) is 11.6 Å². The summed E-state index contributed by atoms with van der Waals surface area (Å²) in [4.78, 5) is 7.31. The molecular weight excluding hydrogens is 224 g/mol. The van der Waals surface area contributed by atoms with Gasteiger partial charge >= 0.3 is 0 Å². The van der Waals surface area contributed by atoms with Gasteiger partial charge in [-0.25, -0.2) is 0 Å². The van der Waals surface area contributed by atoms with Crippen molar-refractivity contribution in [3.63, 3.8) is 0 Å². The van der Waals surface area contributed by atoms with E-state index in [2.05, 4.69) is 11.4 Å². The molecule has 0 saturated heterocycles. The lowest BCUT2D eigenvalue weighted by atomic mass is 10.0. The van der Waals surface area contributed by atoms with Crippen LogP contribution < -0.4 is 5.73 Å². The molecule has 0 amide bonds. The maximum atomic E-state index is 6.09. The molecule has 4 heteroatoms. The summed E-state index contributed by atoms with van der Waals surface area (Å²) >= 11 is 3.64. The van der Waals surface area contributed by atoms with Crippen LogP contribution in [0.25, 0.3) is 0 Å². The summed E-state index contributed by atoms with van der Waals surface area (Å²) in [6, 6.07) is 2.17. The van der Waals surface area contributed by atoms with Crippen molar-refractivity contribution in [1.82, 2.24) is 0 Å². The molecule has 80 valence electrons. The molecular formula is C11H14N2S2. The fourth-order valence-corrected chi connectivity index (χ4v) is 4.71. The quantitative estimate of drug-likeness (QED) is 0.755. The SMILES string of the molecule is NC1=NC2(CCCC2)CSc2ccsc21. The Morgan fingerprint density at radius 2 is 2.13 bits per heavy atom. The fraction of sp³-hybridized carbons (Fsp3) is 0.545. The summed E-state index contributed by atoms with van der Waals surface area (Å²) in [5, 5.41) is 2.10. The minimum absolute atomic E-state index is 0.160. The van der Waals surface area contributed by atoms with E-state index >= 15 is 0 Å². The first-order chi connectivity index (χ1) is 7.29. The van der Waals surface area contributed by atoms with Gasteiger partial charge in [-0.1, -0.05) is 12.8 Å². The van der Waals surface area contributed by atoms with Crippen molar-refractivity contribution < 1.29 is 0 Å². The van der Waals surface area contributed by atoms with Crippen molar-refractivity contribution in [2.24, 2.45) is 10.7 Å². The van der Waals surface area contributed by atoms with Crippen LogP contribution in [0.15, 0.2) is 21.3 Å². The molecule has 1 fully saturated rings. The van der Waals surface area contributed by atoms with Gasteiger partial charge in [0.25, 0.3) is 0 Å². The summed E-state index contributed by atoms with van der Waals surface area (Å²) in [5.74, 6) is 1.88. The number of amidine groups is 1. The molecule has 2 nitrogen and oxygen atoms in total. The fourth-order valence-electron chi connectivity index (χ4n) is 2.44. The maximum absolute atomic E-state index is 6.09. The predicted molar refractivity (Wildman–Crippen MR) is 67.0 cm³/mol. The van der Waals surface area contributed by atoms with Gasteiger partial charge in [-0.05, 0) is 24.3 Å². The Labute approximate surface area is 98.0 Å². The average molecular weight is 238 g/mol. The van der Waals surface area contributed by atoms with Crippen molar-refractivity contribution >= 4 is 28.9 Å². The molecule has 15 heavy (non-hydrogen) atoms. The van der Waals surface area contributed by atoms with E-state index in [-0.39, 0.29) is 5.54 Å². The van der Waals surface area contributed by atoms with E-state index < -0.39 is 0 Å². The van der Waals surface area contributed by atoms with Gasteiger partial charge in [0.15, 0.2) is 0 Å². The molecule has 0 atom stereocenters. The molecule has 1 saturated carbocycles. The third-order valence-corrected chi connectivity index (χ3v) is 5.65. The second-order valence-electron chi connectivity index (χ2n) is 4.33. The first-order valence-electron chi connectivity index (χ1n) is 5.35. The van der Waals surface area contributed by atoms with Crippen molar-refractivity contribution in [3.05, 3.63) is 16.3 Å². The highest BCUT2D eigenvalue weighted by atomic mass is 32.2. The lowest BCUT2D eigenvalue weighted by Crippen LogP contribution is -2.28. The zero-order valence-electron chi connectivity index (χ0n) is 8.53. The number of nitrogens with zero attached hydrogens (tertiary/aromatic N) is 1. The Morgan fingerprint density at radius 3 is 2.93 bits per heavy atom. The van der Waals surface area contributed by atoms with Crippen LogP contribution in [0.5, 0.6) is 0 Å². The van der Waals surface area contributed by atoms with Crippen LogP contribution in [0, 0.1) is 0 Å². The van der Waals surface area contributed by atoms with Crippen LogP contribution in [0.3, 0.4) is 0 Å². The number of hydrogen-bond acceptors (Lipinski definition) is 4. The minimum atomic E-state index is 0.160. The third-order valence-electron chi connectivity index (χ3n) is 3.25. The highest BCUT2D eigenvalue weighted by Gasteiger charge is 2.36. The lowest BCUT2D eigenvalue weighted by molar-refractivity contribution is 0.501. The van der Waals surface area contributed by atoms with Gasteiger partial charge in [0.05, 0.1) is 10.4 Å². The largest absolute Gasteiger partial charge is 0.383 e. The summed E-state index contributed by atoms with van der Waals surface area (Å²) < 4.78 is 0. The average Bonchev–Trinajstić information content (AvgIpc) is 2.80. The van der Waals surface area contributed by atoms with E-state index in [9.17, 15) is 0 Å². The highest BCUT2D eigenvalue weighted by molar-refractivity contribution is 7.99. The van der Waals surface area contributed by atoms with E-state index in [4.69, 9.17) is 10.7 Å². The van der Waals surface area contributed by atoms with Crippen LogP contribution >= 0.6 is 23.1 Å². The molecule has 0 radical (unpaired) electrons. The van der Waals surface area contributed by atoms with Crippen molar-refractivity contribution in [2.45, 2.75) is 36.1 Å². The standard InChI is InChI=1S/C11H14N2S2/c12-10-9-8(3-6-14-9)15-7-11(13-10)4-1-2-5-11/h3,6H,1-2,4-5,7H2,(H2,12,13). The van der Waals surface area contributed by atoms with E-state index in [0.29, 0.717) is 0 Å². The van der Waals surface area contributed by atoms with Crippen molar-refractivity contribution in [1.29, 1.82) is 0 Å². The van der Waals surface area contributed by atoms with Gasteiger partial charge in [-0.3, -0.25) is 4.99 Å². The van der Waals surface area contributed by atoms with Gasteiger partial charge in [-0.2, -0.15) is 0 Å². The molecule has 2 heterocycles. The molecule has 0 aromatic carbocycles. The molecule has 0 unspecified atom stereocenters. The first-order valence-corrected chi connectivity index (χ1v) is 7.22. The van der Waals surface area contributed by atoms with Gasteiger partial charge in [0.2, 0.25) is 0 Å². The summed E-state index contributed by atoms with van der Waals surface area (Å²) in [6.45, 7) is 0. The normalized spacial score (nSPS) is 23.6. The van der Waals surface area contributed by atoms with E-state index in [1.807, 2.05) is 11.8 Å². The number of aliphatic imine (C=N–C) groups is 1. The highest BCUT2D eigenvalue weighted by Crippen LogP contribution is 2.42. The zero-order chi connectivity index (χ0) is 10.3. The Hall–Kier alpha value is -0.480. The van der Waals surface area contributed by atoms with Crippen LogP contribution in [-0.2, 0) is 0 Å². The van der Waals surface area contributed by atoms with Crippen LogP contribution in [0.4, 0.5) is 0 Å². The molecule has 1 spiro atoms. The molecule has 1 aromatic rings. The molecule has 1 aromatic heterocycles. The molecule has 2 aliphatic rings. The lowest BCUT2D eigenvalue weighted by Gasteiger charge is -2.22. The van der Waals surface area contributed by atoms with Crippen molar-refractivity contribution in [3.8, 4) is 0 Å². The van der Waals surface area contributed by atoms with Crippen LogP contribution in [0.2, 0.25) is 0 Å². The summed E-state index contributed by atoms with van der Waals surface area (Å²) in [7, 11) is 0. The number of rotatable bonds is 0. The Morgan fingerprint density at radius 1 is 1.33 bits per heavy atom. The topological polar surface area (TPSA) is 38.4 Å². The molecule has 1 aliphatic carbocycles. The first kappa shape index (κ1) is 9.73. The maximum Gasteiger partial charge on any atom is 0.137 e. The second-order valence-corrected chi connectivity index (χ2v) is 6.26. The van der Waals surface area contributed by atoms with Crippen LogP contribution in [0.1, 0.15) is 30.6 Å². The van der Waals surface area contributed by atoms with Gasteiger partial charge in [-0.15, -0.1) is 23.1 Å². The number of thioether (sulfide) groups is 1. The summed E-state index contributed by atoms with van der Waals surface area (Å²) in [5.41, 5.74) is 6.25. The van der Waals surface area contributed by atoms with Gasteiger partial charge in [0, 0.05) is 10.6 Å². The Balaban J connectivity index is 2.02. The molecule has 0 bridgehead atoms. The Kier molecular flexibility index (Phi) is 2.29. The minimum Gasteiger partial charge on any atom is -0.383 e. The molecule has 1 aliphatic heterocycles. The number of nitrogens with two attached hydrogens (primary N) is 1. The monoisotopic (exact) mass is 238 g/mol. The molecule has 2 N–H and O–H groups in total. The van der Waals surface area contributed by atoms with E-state index in [1.165, 1.54) is 35.5 Å². The smallest absolute Gasteiger partial charge is 0.137 e. The predicted octanol–water partition coefficient (Wildman–Crippen LogP) is 2.87. The second kappa shape index (κ2) is 3.52. The summed E-state index contributed by atoms with van der Waals surface area (Å²) in [6.07, 6.45) is 5.06. The van der Waals surface area contributed by atoms with Crippen LogP contribution in [-0.4, -0.2) is 17.1 Å². The molecule has 3 rings (SSSR count). The third kappa shape index (κ3) is 1.60. The number of fused-ring (bicyclic) bond motifs is 1. The Bertz CT molecular complexity index is 402. The van der Waals surface area contributed by atoms with Gasteiger partial charge < -0.3 is 5.73 Å². The number of hydrogen-bond donors (Lipinski definition) is 1. The number of thiophene rings is 1. The van der Waals surface area contributed by atoms with Gasteiger partial charge in [0.1, 0.15) is 5.84 Å². The van der Waals surface area contributed by atoms with E-state index in [1.54, 1.807) is 11.3 Å². The zero-order valence-corrected chi connectivity index (χ0v) is 10.2.